The van der Waals surface area contributed by atoms with Crippen LogP contribution >= 0.6 is 0 Å². The monoisotopic (exact) mass is 318 g/mol. The molecule has 1 saturated heterocycles. The molecule has 5 heteroatoms. The van der Waals surface area contributed by atoms with Crippen LogP contribution in [0.4, 0.5) is 4.79 Å². The zero-order valence-corrected chi connectivity index (χ0v) is 14.3. The van der Waals surface area contributed by atoms with Gasteiger partial charge in [0.05, 0.1) is 5.41 Å². The van der Waals surface area contributed by atoms with E-state index in [4.69, 9.17) is 0 Å². The highest BCUT2D eigenvalue weighted by atomic mass is 16.4. The molecule has 0 saturated carbocycles. The normalized spacial score (nSPS) is 21.3. The fourth-order valence-corrected chi connectivity index (χ4v) is 3.14. The van der Waals surface area contributed by atoms with Crippen LogP contribution in [0.2, 0.25) is 0 Å². The average molecular weight is 318 g/mol. The van der Waals surface area contributed by atoms with Crippen molar-refractivity contribution in [3.63, 3.8) is 0 Å². The van der Waals surface area contributed by atoms with Crippen molar-refractivity contribution >= 4 is 12.0 Å². The van der Waals surface area contributed by atoms with Crippen LogP contribution in [0, 0.1) is 12.3 Å². The van der Waals surface area contributed by atoms with Gasteiger partial charge in [0.2, 0.25) is 0 Å². The van der Waals surface area contributed by atoms with Crippen LogP contribution in [-0.2, 0) is 10.2 Å². The quantitative estimate of drug-likeness (QED) is 0.897. The molecule has 23 heavy (non-hydrogen) atoms. The van der Waals surface area contributed by atoms with Gasteiger partial charge in [-0.3, -0.25) is 4.79 Å². The van der Waals surface area contributed by atoms with E-state index in [1.165, 1.54) is 11.1 Å². The third-order valence-electron chi connectivity index (χ3n) is 4.83. The number of hydrogen-bond acceptors (Lipinski definition) is 2. The number of benzene rings is 1. The third kappa shape index (κ3) is 3.66. The van der Waals surface area contributed by atoms with E-state index < -0.39 is 11.4 Å². The summed E-state index contributed by atoms with van der Waals surface area (Å²) in [7, 11) is 0. The standard InChI is InChI=1S/C18H26N2O3/c1-13-7-5-6-8-14(13)17(2,3)11-19-16(23)20-10-9-18(4,12-20)15(21)22/h5-8H,9-12H2,1-4H3,(H,19,23)(H,21,22). The van der Waals surface area contributed by atoms with Gasteiger partial charge in [-0.2, -0.15) is 0 Å². The Morgan fingerprint density at radius 3 is 2.57 bits per heavy atom. The molecule has 1 aliphatic heterocycles. The minimum atomic E-state index is -0.840. The van der Waals surface area contributed by atoms with Crippen LogP contribution in [0.3, 0.4) is 0 Å². The predicted octanol–water partition coefficient (Wildman–Crippen LogP) is 2.78. The number of likely N-dealkylation sites (tertiary alicyclic amines) is 1. The zero-order chi connectivity index (χ0) is 17.3. The Kier molecular flexibility index (Phi) is 4.68. The van der Waals surface area contributed by atoms with Crippen molar-refractivity contribution < 1.29 is 14.7 Å². The highest BCUT2D eigenvalue weighted by Gasteiger charge is 2.42. The Labute approximate surface area is 137 Å². The second kappa shape index (κ2) is 6.22. The second-order valence-corrected chi connectivity index (χ2v) is 7.39. The molecule has 2 N–H and O–H groups in total. The van der Waals surface area contributed by atoms with Gasteiger partial charge in [0.25, 0.3) is 0 Å². The summed E-state index contributed by atoms with van der Waals surface area (Å²) in [6, 6.07) is 7.97. The average Bonchev–Trinajstić information content (AvgIpc) is 2.89. The van der Waals surface area contributed by atoms with Gasteiger partial charge in [-0.05, 0) is 31.4 Å². The first kappa shape index (κ1) is 17.3. The van der Waals surface area contributed by atoms with Crippen molar-refractivity contribution in [1.29, 1.82) is 0 Å². The van der Waals surface area contributed by atoms with Crippen molar-refractivity contribution in [3.8, 4) is 0 Å². The number of carboxylic acids is 1. The van der Waals surface area contributed by atoms with Gasteiger partial charge in [0, 0.05) is 25.0 Å². The van der Waals surface area contributed by atoms with Crippen LogP contribution in [0.5, 0.6) is 0 Å². The molecule has 1 unspecified atom stereocenters. The number of nitrogens with zero attached hydrogens (tertiary/aromatic N) is 1. The lowest BCUT2D eigenvalue weighted by Gasteiger charge is -2.29. The van der Waals surface area contributed by atoms with E-state index in [9.17, 15) is 14.7 Å². The zero-order valence-electron chi connectivity index (χ0n) is 14.3. The number of nitrogens with one attached hydrogen (secondary N) is 1. The molecule has 0 aromatic heterocycles. The Bertz CT molecular complexity index is 612. The summed E-state index contributed by atoms with van der Waals surface area (Å²) in [4.78, 5) is 25.2. The summed E-state index contributed by atoms with van der Waals surface area (Å²) in [5.41, 5.74) is 1.39. The van der Waals surface area contributed by atoms with Crippen LogP contribution in [0.15, 0.2) is 24.3 Å². The molecule has 126 valence electrons. The molecule has 5 nitrogen and oxygen atoms in total. The maximum Gasteiger partial charge on any atom is 0.317 e. The van der Waals surface area contributed by atoms with E-state index in [-0.39, 0.29) is 18.0 Å². The largest absolute Gasteiger partial charge is 0.481 e. The Hall–Kier alpha value is -2.04. The van der Waals surface area contributed by atoms with Crippen LogP contribution in [0.1, 0.15) is 38.3 Å². The van der Waals surface area contributed by atoms with E-state index in [1.807, 2.05) is 12.1 Å². The summed E-state index contributed by atoms with van der Waals surface area (Å²) in [5.74, 6) is -0.840. The van der Waals surface area contributed by atoms with Crippen molar-refractivity contribution in [2.75, 3.05) is 19.6 Å². The van der Waals surface area contributed by atoms with Crippen LogP contribution in [0.25, 0.3) is 0 Å². The molecule has 2 rings (SSSR count). The van der Waals surface area contributed by atoms with E-state index in [0.717, 1.165) is 0 Å². The van der Waals surface area contributed by atoms with Crippen LogP contribution in [-0.4, -0.2) is 41.6 Å². The van der Waals surface area contributed by atoms with Crippen molar-refractivity contribution in [2.45, 2.75) is 39.5 Å². The number of amides is 2. The number of aryl methyl sites for hydroxylation is 1. The summed E-state index contributed by atoms with van der Waals surface area (Å²) in [6.07, 6.45) is 0.497. The van der Waals surface area contributed by atoms with Gasteiger partial charge >= 0.3 is 12.0 Å². The van der Waals surface area contributed by atoms with Gasteiger partial charge in [0.15, 0.2) is 0 Å². The lowest BCUT2D eigenvalue weighted by Crippen LogP contribution is -2.45. The van der Waals surface area contributed by atoms with E-state index in [2.05, 4.69) is 38.2 Å². The van der Waals surface area contributed by atoms with Crippen molar-refractivity contribution in [3.05, 3.63) is 35.4 Å². The van der Waals surface area contributed by atoms with E-state index >= 15 is 0 Å². The topological polar surface area (TPSA) is 69.6 Å². The Morgan fingerprint density at radius 2 is 2.00 bits per heavy atom. The molecule has 1 fully saturated rings. The Morgan fingerprint density at radius 1 is 1.35 bits per heavy atom. The molecule has 0 spiro atoms. The molecule has 0 bridgehead atoms. The highest BCUT2D eigenvalue weighted by Crippen LogP contribution is 2.30. The number of rotatable bonds is 4. The summed E-state index contributed by atoms with van der Waals surface area (Å²) >= 11 is 0. The fourth-order valence-electron chi connectivity index (χ4n) is 3.14. The summed E-state index contributed by atoms with van der Waals surface area (Å²) in [6.45, 7) is 9.22. The number of carboxylic acid groups (broad SMARTS) is 1. The molecule has 1 atom stereocenters. The minimum Gasteiger partial charge on any atom is -0.481 e. The molecular formula is C18H26N2O3. The van der Waals surface area contributed by atoms with Crippen molar-refractivity contribution in [1.82, 2.24) is 10.2 Å². The van der Waals surface area contributed by atoms with E-state index in [1.54, 1.807) is 11.8 Å². The summed E-state index contributed by atoms with van der Waals surface area (Å²) < 4.78 is 0. The first-order valence-electron chi connectivity index (χ1n) is 7.98. The first-order valence-corrected chi connectivity index (χ1v) is 7.98. The third-order valence-corrected chi connectivity index (χ3v) is 4.83. The second-order valence-electron chi connectivity index (χ2n) is 7.39. The minimum absolute atomic E-state index is 0.184. The van der Waals surface area contributed by atoms with E-state index in [0.29, 0.717) is 19.5 Å². The highest BCUT2D eigenvalue weighted by molar-refractivity contribution is 5.79. The maximum absolute atomic E-state index is 12.3. The van der Waals surface area contributed by atoms with Gasteiger partial charge in [-0.1, -0.05) is 38.1 Å². The first-order chi connectivity index (χ1) is 10.7. The smallest absolute Gasteiger partial charge is 0.317 e. The van der Waals surface area contributed by atoms with Gasteiger partial charge in [-0.15, -0.1) is 0 Å². The molecule has 0 aliphatic carbocycles. The number of carbonyl (C=O) groups is 2. The van der Waals surface area contributed by atoms with Crippen molar-refractivity contribution in [2.24, 2.45) is 5.41 Å². The Balaban J connectivity index is 1.97. The van der Waals surface area contributed by atoms with Gasteiger partial charge < -0.3 is 15.3 Å². The molecule has 1 heterocycles. The lowest BCUT2D eigenvalue weighted by atomic mass is 9.82. The number of hydrogen-bond donors (Lipinski definition) is 2. The fraction of sp³-hybridized carbons (Fsp3) is 0.556. The lowest BCUT2D eigenvalue weighted by molar-refractivity contribution is -0.147. The van der Waals surface area contributed by atoms with Gasteiger partial charge in [0.1, 0.15) is 0 Å². The molecule has 1 aliphatic rings. The SMILES string of the molecule is Cc1ccccc1C(C)(C)CNC(=O)N1CCC(C)(C(=O)O)C1. The van der Waals surface area contributed by atoms with Gasteiger partial charge in [-0.25, -0.2) is 4.79 Å². The predicted molar refractivity (Wildman–Crippen MR) is 89.5 cm³/mol. The molecule has 2 amide bonds. The molecular weight excluding hydrogens is 292 g/mol. The summed E-state index contributed by atoms with van der Waals surface area (Å²) in [5, 5.41) is 12.2. The molecule has 0 radical (unpaired) electrons. The maximum atomic E-state index is 12.3. The number of urea groups is 1. The van der Waals surface area contributed by atoms with Crippen LogP contribution < -0.4 is 5.32 Å². The number of carbonyl (C=O) groups excluding carboxylic acids is 1. The number of aliphatic carboxylic acids is 1. The molecule has 1 aromatic carbocycles. The molecule has 1 aromatic rings.